The molecule has 1 N–H and O–H groups in total. The fraction of sp³-hybridized carbons (Fsp3) is 0.684. The lowest BCUT2D eigenvalue weighted by Gasteiger charge is -2.36. The molecular formula is C19H35N. The third-order valence-electron chi connectivity index (χ3n) is 3.26. The topological polar surface area (TPSA) is 12.0 Å². The van der Waals surface area contributed by atoms with Crippen LogP contribution in [0, 0.1) is 10.8 Å². The molecule has 1 nitrogen and oxygen atoms in total. The molecule has 20 heavy (non-hydrogen) atoms. The fourth-order valence-corrected chi connectivity index (χ4v) is 2.13. The first-order valence-corrected chi connectivity index (χ1v) is 7.96. The normalized spacial score (nSPS) is 13.4. The molecular weight excluding hydrogens is 242 g/mol. The van der Waals surface area contributed by atoms with Crippen molar-refractivity contribution in [1.82, 2.24) is 5.32 Å². The highest BCUT2D eigenvalue weighted by atomic mass is 14.9. The van der Waals surface area contributed by atoms with Crippen LogP contribution in [0.5, 0.6) is 0 Å². The molecule has 0 aromatic heterocycles. The molecule has 0 bridgehead atoms. The highest BCUT2D eigenvalue weighted by molar-refractivity contribution is 5.14. The lowest BCUT2D eigenvalue weighted by atomic mass is 9.77. The summed E-state index contributed by atoms with van der Waals surface area (Å²) in [6.45, 7) is 18.9. The fourth-order valence-electron chi connectivity index (χ4n) is 2.13. The molecule has 1 atom stereocenters. The summed E-state index contributed by atoms with van der Waals surface area (Å²) in [6.07, 6.45) is 1.20. The van der Waals surface area contributed by atoms with E-state index in [2.05, 4.69) is 77.2 Å². The first-order valence-electron chi connectivity index (χ1n) is 7.96. The van der Waals surface area contributed by atoms with Crippen molar-refractivity contribution in [3.63, 3.8) is 0 Å². The second-order valence-electron chi connectivity index (χ2n) is 7.55. The second-order valence-corrected chi connectivity index (χ2v) is 7.55. The van der Waals surface area contributed by atoms with E-state index in [1.165, 1.54) is 12.0 Å². The van der Waals surface area contributed by atoms with E-state index in [-0.39, 0.29) is 0 Å². The molecule has 116 valence electrons. The van der Waals surface area contributed by atoms with Crippen LogP contribution >= 0.6 is 0 Å². The molecule has 0 heterocycles. The van der Waals surface area contributed by atoms with Crippen molar-refractivity contribution in [3.05, 3.63) is 35.9 Å². The van der Waals surface area contributed by atoms with Gasteiger partial charge in [0.1, 0.15) is 0 Å². The maximum atomic E-state index is 3.73. The van der Waals surface area contributed by atoms with Gasteiger partial charge in [-0.05, 0) is 22.8 Å². The summed E-state index contributed by atoms with van der Waals surface area (Å²) in [5.41, 5.74) is 2.02. The Morgan fingerprint density at radius 3 is 1.80 bits per heavy atom. The van der Waals surface area contributed by atoms with E-state index in [0.29, 0.717) is 16.9 Å². The molecule has 0 spiro atoms. The van der Waals surface area contributed by atoms with Gasteiger partial charge < -0.3 is 5.32 Å². The third kappa shape index (κ3) is 8.37. The Labute approximate surface area is 127 Å². The SMILES string of the molecule is CC.CC(C)(C)CC(NCc1ccccc1)C(C)(C)C. The zero-order valence-corrected chi connectivity index (χ0v) is 14.9. The minimum Gasteiger partial charge on any atom is -0.309 e. The number of rotatable bonds is 4. The second kappa shape index (κ2) is 8.46. The average Bonchev–Trinajstić information content (AvgIpc) is 2.35. The number of hydrogen-bond donors (Lipinski definition) is 1. The van der Waals surface area contributed by atoms with Crippen LogP contribution in [0.25, 0.3) is 0 Å². The van der Waals surface area contributed by atoms with Crippen LogP contribution in [0.4, 0.5) is 0 Å². The van der Waals surface area contributed by atoms with Crippen molar-refractivity contribution in [3.8, 4) is 0 Å². The van der Waals surface area contributed by atoms with Gasteiger partial charge in [-0.15, -0.1) is 0 Å². The van der Waals surface area contributed by atoms with E-state index in [1.54, 1.807) is 0 Å². The van der Waals surface area contributed by atoms with Crippen LogP contribution in [0.15, 0.2) is 30.3 Å². The molecule has 0 aliphatic carbocycles. The van der Waals surface area contributed by atoms with Gasteiger partial charge in [0, 0.05) is 12.6 Å². The van der Waals surface area contributed by atoms with Crippen LogP contribution in [0.2, 0.25) is 0 Å². The predicted octanol–water partition coefficient (Wildman–Crippen LogP) is 5.65. The first kappa shape index (κ1) is 19.2. The van der Waals surface area contributed by atoms with Crippen LogP contribution in [0.1, 0.15) is 67.4 Å². The van der Waals surface area contributed by atoms with Crippen LogP contribution in [-0.2, 0) is 6.54 Å². The molecule has 0 radical (unpaired) electrons. The van der Waals surface area contributed by atoms with Crippen LogP contribution in [0.3, 0.4) is 0 Å². The van der Waals surface area contributed by atoms with Gasteiger partial charge in [0.15, 0.2) is 0 Å². The average molecular weight is 277 g/mol. The summed E-state index contributed by atoms with van der Waals surface area (Å²) in [6, 6.07) is 11.2. The van der Waals surface area contributed by atoms with Gasteiger partial charge >= 0.3 is 0 Å². The number of nitrogens with one attached hydrogen (secondary N) is 1. The zero-order chi connectivity index (χ0) is 15.8. The Balaban J connectivity index is 0.00000172. The molecule has 1 heteroatoms. The molecule has 0 aliphatic rings. The molecule has 0 saturated heterocycles. The smallest absolute Gasteiger partial charge is 0.0208 e. The highest BCUT2D eigenvalue weighted by Gasteiger charge is 2.28. The Morgan fingerprint density at radius 2 is 1.40 bits per heavy atom. The molecule has 1 unspecified atom stereocenters. The summed E-state index contributed by atoms with van der Waals surface area (Å²) in [5.74, 6) is 0. The summed E-state index contributed by atoms with van der Waals surface area (Å²) in [4.78, 5) is 0. The summed E-state index contributed by atoms with van der Waals surface area (Å²) in [7, 11) is 0. The number of benzene rings is 1. The quantitative estimate of drug-likeness (QED) is 0.749. The van der Waals surface area contributed by atoms with E-state index in [0.717, 1.165) is 6.54 Å². The van der Waals surface area contributed by atoms with Crippen LogP contribution < -0.4 is 5.32 Å². The lowest BCUT2D eigenvalue weighted by molar-refractivity contribution is 0.193. The molecule has 0 fully saturated rings. The van der Waals surface area contributed by atoms with Crippen molar-refractivity contribution in [1.29, 1.82) is 0 Å². The van der Waals surface area contributed by atoms with Crippen LogP contribution in [-0.4, -0.2) is 6.04 Å². The van der Waals surface area contributed by atoms with Crippen molar-refractivity contribution in [2.75, 3.05) is 0 Å². The minimum atomic E-state index is 0.294. The number of hydrogen-bond acceptors (Lipinski definition) is 1. The summed E-state index contributed by atoms with van der Waals surface area (Å²) >= 11 is 0. The van der Waals surface area contributed by atoms with Gasteiger partial charge in [-0.25, -0.2) is 0 Å². The predicted molar refractivity (Wildman–Crippen MR) is 91.9 cm³/mol. The maximum Gasteiger partial charge on any atom is 0.0208 e. The van der Waals surface area contributed by atoms with Crippen molar-refractivity contribution in [2.45, 2.75) is 74.4 Å². The molecule has 1 rings (SSSR count). The molecule has 0 amide bonds. The van der Waals surface area contributed by atoms with Gasteiger partial charge in [0.2, 0.25) is 0 Å². The largest absolute Gasteiger partial charge is 0.309 e. The van der Waals surface area contributed by atoms with E-state index in [1.807, 2.05) is 13.8 Å². The third-order valence-corrected chi connectivity index (χ3v) is 3.26. The standard InChI is InChI=1S/C17H29N.C2H6/c1-16(2,3)12-15(17(4,5)6)18-13-14-10-8-7-9-11-14;1-2/h7-11,15,18H,12-13H2,1-6H3;1-2H3. The van der Waals surface area contributed by atoms with Gasteiger partial charge in [-0.2, -0.15) is 0 Å². The minimum absolute atomic E-state index is 0.294. The van der Waals surface area contributed by atoms with E-state index in [9.17, 15) is 0 Å². The molecule has 0 saturated carbocycles. The molecule has 0 aliphatic heterocycles. The van der Waals surface area contributed by atoms with Gasteiger partial charge in [-0.1, -0.05) is 85.7 Å². The lowest BCUT2D eigenvalue weighted by Crippen LogP contribution is -2.42. The molecule has 1 aromatic carbocycles. The van der Waals surface area contributed by atoms with Crippen molar-refractivity contribution < 1.29 is 0 Å². The highest BCUT2D eigenvalue weighted by Crippen LogP contribution is 2.30. The Kier molecular flexibility index (Phi) is 8.12. The Bertz CT molecular complexity index is 340. The van der Waals surface area contributed by atoms with Gasteiger partial charge in [-0.3, -0.25) is 0 Å². The monoisotopic (exact) mass is 277 g/mol. The van der Waals surface area contributed by atoms with E-state index >= 15 is 0 Å². The zero-order valence-electron chi connectivity index (χ0n) is 14.9. The summed E-state index contributed by atoms with van der Waals surface area (Å²) in [5, 5.41) is 3.73. The maximum absolute atomic E-state index is 3.73. The van der Waals surface area contributed by atoms with Gasteiger partial charge in [0.25, 0.3) is 0 Å². The van der Waals surface area contributed by atoms with Gasteiger partial charge in [0.05, 0.1) is 0 Å². The van der Waals surface area contributed by atoms with E-state index in [4.69, 9.17) is 0 Å². The van der Waals surface area contributed by atoms with Crippen molar-refractivity contribution in [2.24, 2.45) is 10.8 Å². The first-order chi connectivity index (χ1) is 9.18. The Morgan fingerprint density at radius 1 is 0.900 bits per heavy atom. The molecule has 1 aromatic rings. The Hall–Kier alpha value is -0.820. The van der Waals surface area contributed by atoms with Crippen molar-refractivity contribution >= 4 is 0 Å². The van der Waals surface area contributed by atoms with E-state index < -0.39 is 0 Å². The summed E-state index contributed by atoms with van der Waals surface area (Å²) < 4.78 is 0.